The van der Waals surface area contributed by atoms with Gasteiger partial charge in [-0.15, -0.1) is 0 Å². The molecule has 2 nitrogen and oxygen atoms in total. The molecule has 160 valence electrons. The van der Waals surface area contributed by atoms with E-state index in [2.05, 4.69) is 13.0 Å². The molecule has 0 amide bonds. The van der Waals surface area contributed by atoms with Crippen LogP contribution >= 0.6 is 0 Å². The summed E-state index contributed by atoms with van der Waals surface area (Å²) in [6.07, 6.45) is 16.5. The minimum atomic E-state index is -1.00. The van der Waals surface area contributed by atoms with Crippen molar-refractivity contribution >= 4 is 0 Å². The first-order valence-corrected chi connectivity index (χ1v) is 11.2. The van der Waals surface area contributed by atoms with Crippen molar-refractivity contribution in [2.45, 2.75) is 71.6 Å². The Morgan fingerprint density at radius 3 is 2.38 bits per heavy atom. The highest BCUT2D eigenvalue weighted by Crippen LogP contribution is 2.40. The van der Waals surface area contributed by atoms with Crippen LogP contribution in [0.3, 0.4) is 0 Å². The van der Waals surface area contributed by atoms with Crippen LogP contribution in [0.2, 0.25) is 0 Å². The predicted octanol–water partition coefficient (Wildman–Crippen LogP) is 7.59. The summed E-state index contributed by atoms with van der Waals surface area (Å²) in [7, 11) is 0. The molecular weight excluding hydrogens is 370 g/mol. The van der Waals surface area contributed by atoms with Crippen LogP contribution in [0, 0.1) is 29.4 Å². The van der Waals surface area contributed by atoms with Crippen molar-refractivity contribution in [3.8, 4) is 11.5 Å². The van der Waals surface area contributed by atoms with Gasteiger partial charge in [0.1, 0.15) is 0 Å². The highest BCUT2D eigenvalue weighted by Gasteiger charge is 2.29. The van der Waals surface area contributed by atoms with Gasteiger partial charge in [0, 0.05) is 0 Å². The highest BCUT2D eigenvalue weighted by atomic mass is 19.2. The van der Waals surface area contributed by atoms with Gasteiger partial charge >= 0.3 is 0 Å². The molecule has 3 rings (SSSR count). The van der Waals surface area contributed by atoms with E-state index in [-0.39, 0.29) is 11.5 Å². The third-order valence-electron chi connectivity index (χ3n) is 6.49. The third-order valence-corrected chi connectivity index (χ3v) is 6.49. The van der Waals surface area contributed by atoms with Crippen LogP contribution in [0.1, 0.15) is 71.6 Å². The topological polar surface area (TPSA) is 18.5 Å². The summed E-state index contributed by atoms with van der Waals surface area (Å²) in [4.78, 5) is 0. The Kier molecular flexibility index (Phi) is 8.14. The molecule has 0 aliphatic heterocycles. The second kappa shape index (κ2) is 10.8. The summed E-state index contributed by atoms with van der Waals surface area (Å²) >= 11 is 0. The first-order valence-electron chi connectivity index (χ1n) is 11.2. The van der Waals surface area contributed by atoms with Gasteiger partial charge in [0.2, 0.25) is 11.6 Å². The maximum atomic E-state index is 14.2. The number of rotatable bonds is 8. The number of ether oxygens (including phenoxy) is 2. The van der Waals surface area contributed by atoms with Crippen LogP contribution in [0.15, 0.2) is 36.1 Å². The third kappa shape index (κ3) is 5.83. The second-order valence-corrected chi connectivity index (χ2v) is 8.52. The molecule has 29 heavy (non-hydrogen) atoms. The van der Waals surface area contributed by atoms with E-state index in [0.29, 0.717) is 12.5 Å². The van der Waals surface area contributed by atoms with Crippen molar-refractivity contribution in [3.05, 3.63) is 47.8 Å². The molecule has 1 unspecified atom stereocenters. The van der Waals surface area contributed by atoms with Gasteiger partial charge in [0.25, 0.3) is 0 Å². The van der Waals surface area contributed by atoms with E-state index in [1.165, 1.54) is 63.3 Å². The van der Waals surface area contributed by atoms with Gasteiger partial charge in [0.15, 0.2) is 11.5 Å². The van der Waals surface area contributed by atoms with Gasteiger partial charge in [-0.3, -0.25) is 0 Å². The van der Waals surface area contributed by atoms with Gasteiger partial charge < -0.3 is 9.47 Å². The molecular formula is C25H34F2O2. The fourth-order valence-electron chi connectivity index (χ4n) is 4.78. The molecule has 2 aliphatic rings. The van der Waals surface area contributed by atoms with E-state index < -0.39 is 11.6 Å². The van der Waals surface area contributed by atoms with Crippen LogP contribution in [-0.4, -0.2) is 6.61 Å². The Morgan fingerprint density at radius 2 is 1.72 bits per heavy atom. The monoisotopic (exact) mass is 404 g/mol. The smallest absolute Gasteiger partial charge is 0.205 e. The lowest BCUT2D eigenvalue weighted by Crippen LogP contribution is -2.25. The number of hydrogen-bond acceptors (Lipinski definition) is 2. The van der Waals surface area contributed by atoms with Gasteiger partial charge in [-0.2, -0.15) is 8.78 Å². The molecule has 0 aromatic heterocycles. The molecule has 1 fully saturated rings. The van der Waals surface area contributed by atoms with Crippen LogP contribution in [0.25, 0.3) is 0 Å². The maximum absolute atomic E-state index is 14.2. The minimum absolute atomic E-state index is 0.0293. The summed E-state index contributed by atoms with van der Waals surface area (Å²) < 4.78 is 39.0. The fourth-order valence-corrected chi connectivity index (χ4v) is 4.78. The van der Waals surface area contributed by atoms with Crippen LogP contribution < -0.4 is 9.47 Å². The van der Waals surface area contributed by atoms with Gasteiger partial charge in [-0.1, -0.05) is 31.1 Å². The van der Waals surface area contributed by atoms with E-state index in [9.17, 15) is 8.78 Å². The van der Waals surface area contributed by atoms with E-state index in [4.69, 9.17) is 9.47 Å². The first kappa shape index (κ1) is 21.9. The Bertz CT molecular complexity index is 718. The Labute approximate surface area is 174 Å². The van der Waals surface area contributed by atoms with Crippen molar-refractivity contribution < 1.29 is 18.3 Å². The van der Waals surface area contributed by atoms with E-state index in [1.54, 1.807) is 18.6 Å². The quantitative estimate of drug-likeness (QED) is 0.328. The predicted molar refractivity (Wildman–Crippen MR) is 113 cm³/mol. The summed E-state index contributed by atoms with van der Waals surface area (Å²) in [5.41, 5.74) is 1.65. The summed E-state index contributed by atoms with van der Waals surface area (Å²) in [6, 6.07) is 2.86. The second-order valence-electron chi connectivity index (χ2n) is 8.52. The van der Waals surface area contributed by atoms with Crippen molar-refractivity contribution in [1.82, 2.24) is 0 Å². The molecule has 0 saturated heterocycles. The van der Waals surface area contributed by atoms with Crippen molar-refractivity contribution in [2.75, 3.05) is 6.61 Å². The summed E-state index contributed by atoms with van der Waals surface area (Å²) in [5.74, 6) is -0.0795. The molecule has 0 heterocycles. The first-order chi connectivity index (χ1) is 14.1. The SMILES string of the molecule is CC=COc1ccc(OCC2CCC(C3CC=C(CCC)CC3)CC2)c(F)c1F. The molecule has 2 aliphatic carbocycles. The normalized spacial score (nSPS) is 25.1. The van der Waals surface area contributed by atoms with Crippen molar-refractivity contribution in [1.29, 1.82) is 0 Å². The van der Waals surface area contributed by atoms with E-state index >= 15 is 0 Å². The Hall–Kier alpha value is -1.84. The maximum Gasteiger partial charge on any atom is 0.205 e. The minimum Gasteiger partial charge on any atom is -0.490 e. The summed E-state index contributed by atoms with van der Waals surface area (Å²) in [6.45, 7) is 4.45. The van der Waals surface area contributed by atoms with Crippen molar-refractivity contribution in [3.63, 3.8) is 0 Å². The lowest BCUT2D eigenvalue weighted by Gasteiger charge is -2.35. The van der Waals surface area contributed by atoms with Crippen LogP contribution in [-0.2, 0) is 0 Å². The average Bonchev–Trinajstić information content (AvgIpc) is 2.75. The zero-order valence-electron chi connectivity index (χ0n) is 17.8. The fraction of sp³-hybridized carbons (Fsp3) is 0.600. The Morgan fingerprint density at radius 1 is 1.00 bits per heavy atom. The zero-order valence-corrected chi connectivity index (χ0v) is 17.8. The average molecular weight is 405 g/mol. The van der Waals surface area contributed by atoms with E-state index in [1.807, 2.05) is 0 Å². The molecule has 1 aromatic carbocycles. The molecule has 0 radical (unpaired) electrons. The molecule has 0 N–H and O–H groups in total. The molecule has 4 heteroatoms. The van der Waals surface area contributed by atoms with Crippen LogP contribution in [0.4, 0.5) is 8.78 Å². The van der Waals surface area contributed by atoms with Gasteiger partial charge in [0.05, 0.1) is 12.9 Å². The lowest BCUT2D eigenvalue weighted by atomic mass is 9.71. The lowest BCUT2D eigenvalue weighted by molar-refractivity contribution is 0.145. The Balaban J connectivity index is 1.45. The molecule has 1 atom stereocenters. The molecule has 1 saturated carbocycles. The standard InChI is InChI=1S/C25H34F2O2/c1-3-5-18-6-10-20(11-7-18)21-12-8-19(9-13-21)17-29-23-15-14-22(28-16-4-2)24(26)25(23)27/h4,6,14-16,19-21H,3,5,7-13,17H2,1-2H3. The summed E-state index contributed by atoms with van der Waals surface area (Å²) in [5, 5.41) is 0. The number of hydrogen-bond donors (Lipinski definition) is 0. The van der Waals surface area contributed by atoms with Crippen molar-refractivity contribution in [2.24, 2.45) is 17.8 Å². The highest BCUT2D eigenvalue weighted by molar-refractivity contribution is 5.35. The molecule has 1 aromatic rings. The largest absolute Gasteiger partial charge is 0.490 e. The number of halogens is 2. The molecule has 0 bridgehead atoms. The van der Waals surface area contributed by atoms with Crippen LogP contribution in [0.5, 0.6) is 11.5 Å². The van der Waals surface area contributed by atoms with Gasteiger partial charge in [-0.05, 0) is 88.2 Å². The number of benzene rings is 1. The molecule has 0 spiro atoms. The zero-order chi connectivity index (χ0) is 20.6. The van der Waals surface area contributed by atoms with Gasteiger partial charge in [-0.25, -0.2) is 0 Å². The number of allylic oxidation sites excluding steroid dienone is 3. The van der Waals surface area contributed by atoms with E-state index in [0.717, 1.165) is 24.7 Å².